The number of benzene rings is 4. The zero-order valence-corrected chi connectivity index (χ0v) is 23.6. The molecule has 0 saturated heterocycles. The van der Waals surface area contributed by atoms with Gasteiger partial charge in [0.1, 0.15) is 5.69 Å². The number of amides is 2. The maximum atomic E-state index is 14.0. The number of nitrogens with zero attached hydrogens (tertiary/aromatic N) is 2. The first-order valence-electron chi connectivity index (χ1n) is 14.6. The lowest BCUT2D eigenvalue weighted by molar-refractivity contribution is -0.383. The molecule has 4 bridgehead atoms. The van der Waals surface area contributed by atoms with Crippen LogP contribution in [0.15, 0.2) is 72.8 Å². The van der Waals surface area contributed by atoms with E-state index in [-0.39, 0.29) is 22.4 Å². The number of hydrogen-bond acceptors (Lipinski definition) is 5. The summed E-state index contributed by atoms with van der Waals surface area (Å²) in [6.45, 7) is 0. The molecule has 4 aliphatic carbocycles. The Balaban J connectivity index is 1.20. The minimum absolute atomic E-state index is 0.127. The second-order valence-electron chi connectivity index (χ2n) is 12.6. The van der Waals surface area contributed by atoms with Gasteiger partial charge in [-0.25, -0.2) is 4.90 Å². The van der Waals surface area contributed by atoms with Crippen molar-refractivity contribution in [1.82, 2.24) is 0 Å². The van der Waals surface area contributed by atoms with Gasteiger partial charge in [0, 0.05) is 22.4 Å². The molecule has 4 saturated carbocycles. The van der Waals surface area contributed by atoms with E-state index in [2.05, 4.69) is 17.4 Å². The van der Waals surface area contributed by atoms with Gasteiger partial charge in [-0.05, 0) is 97.6 Å². The van der Waals surface area contributed by atoms with E-state index in [1.807, 2.05) is 12.1 Å². The van der Waals surface area contributed by atoms with Gasteiger partial charge in [-0.15, -0.1) is 0 Å². The van der Waals surface area contributed by atoms with Crippen molar-refractivity contribution in [2.45, 2.75) is 43.9 Å². The monoisotopic (exact) mass is 577 g/mol. The number of carbonyl (C=O) groups is 2. The Kier molecular flexibility index (Phi) is 5.54. The second-order valence-corrected chi connectivity index (χ2v) is 13.0. The number of carbonyl (C=O) groups excluding carboxylic acids is 2. The average Bonchev–Trinajstić information content (AvgIpc) is 2.97. The molecule has 0 spiro atoms. The molecule has 9 rings (SSSR count). The van der Waals surface area contributed by atoms with Crippen LogP contribution >= 0.6 is 11.6 Å². The van der Waals surface area contributed by atoms with Gasteiger partial charge >= 0.3 is 0 Å². The zero-order chi connectivity index (χ0) is 28.7. The highest BCUT2D eigenvalue weighted by molar-refractivity contribution is 6.37. The minimum atomic E-state index is -0.571. The summed E-state index contributed by atoms with van der Waals surface area (Å²) < 4.78 is 0. The van der Waals surface area contributed by atoms with Crippen LogP contribution in [0.4, 0.5) is 22.7 Å². The first-order chi connectivity index (χ1) is 20.3. The third-order valence-electron chi connectivity index (χ3n) is 10.1. The standard InChI is InChI=1S/C34H28ClN3O4/c35-27-6-1-2-7-28(27)36-31-24-4-3-5-25-30(24)26(15-29(31)38(41)42)33(40)37(32(25)39)23-10-8-22(9-11-23)34-16-19-12-20(17-34)14-21(13-19)18-34/h1-11,15,19-21,36H,12-14,16-18H2. The Morgan fingerprint density at radius 2 is 1.48 bits per heavy atom. The lowest BCUT2D eigenvalue weighted by atomic mass is 9.48. The molecule has 1 aliphatic heterocycles. The predicted octanol–water partition coefficient (Wildman–Crippen LogP) is 8.41. The number of nitro benzene ring substituents is 1. The minimum Gasteiger partial charge on any atom is -0.348 e. The van der Waals surface area contributed by atoms with Gasteiger partial charge in [0.15, 0.2) is 0 Å². The average molecular weight is 578 g/mol. The predicted molar refractivity (Wildman–Crippen MR) is 163 cm³/mol. The number of nitrogens with one attached hydrogen (secondary N) is 1. The number of hydrogen-bond donors (Lipinski definition) is 1. The quantitative estimate of drug-likeness (QED) is 0.146. The van der Waals surface area contributed by atoms with Crippen molar-refractivity contribution in [3.8, 4) is 0 Å². The van der Waals surface area contributed by atoms with Crippen molar-refractivity contribution in [2.75, 3.05) is 10.2 Å². The molecule has 4 aromatic carbocycles. The summed E-state index contributed by atoms with van der Waals surface area (Å²) >= 11 is 6.34. The number of rotatable bonds is 5. The first-order valence-corrected chi connectivity index (χ1v) is 14.9. The van der Waals surface area contributed by atoms with Crippen LogP contribution in [0.25, 0.3) is 10.8 Å². The largest absolute Gasteiger partial charge is 0.348 e. The van der Waals surface area contributed by atoms with Crippen molar-refractivity contribution in [1.29, 1.82) is 0 Å². The van der Waals surface area contributed by atoms with E-state index in [0.29, 0.717) is 32.7 Å². The molecule has 1 N–H and O–H groups in total. The number of imide groups is 1. The van der Waals surface area contributed by atoms with Gasteiger partial charge in [-0.3, -0.25) is 19.7 Å². The van der Waals surface area contributed by atoms with Gasteiger partial charge in [-0.2, -0.15) is 0 Å². The fourth-order valence-electron chi connectivity index (χ4n) is 8.79. The Morgan fingerprint density at radius 3 is 2.12 bits per heavy atom. The van der Waals surface area contributed by atoms with Crippen LogP contribution in [-0.4, -0.2) is 16.7 Å². The van der Waals surface area contributed by atoms with E-state index in [4.69, 9.17) is 11.6 Å². The molecule has 8 heteroatoms. The number of halogens is 1. The van der Waals surface area contributed by atoms with E-state index >= 15 is 0 Å². The number of para-hydroxylation sites is 1. The van der Waals surface area contributed by atoms with Gasteiger partial charge in [0.05, 0.1) is 26.9 Å². The van der Waals surface area contributed by atoms with Crippen LogP contribution in [0.3, 0.4) is 0 Å². The van der Waals surface area contributed by atoms with Gasteiger partial charge in [0.2, 0.25) is 0 Å². The number of nitro groups is 1. The molecule has 4 aromatic rings. The molecule has 4 fully saturated rings. The summed E-state index contributed by atoms with van der Waals surface area (Å²) in [5, 5.41) is 16.6. The zero-order valence-electron chi connectivity index (χ0n) is 22.8. The van der Waals surface area contributed by atoms with Crippen molar-refractivity contribution in [3.63, 3.8) is 0 Å². The Labute approximate surface area is 247 Å². The molecule has 2 amide bonds. The van der Waals surface area contributed by atoms with Crippen molar-refractivity contribution >= 4 is 56.9 Å². The Morgan fingerprint density at radius 1 is 0.833 bits per heavy atom. The fraction of sp³-hybridized carbons (Fsp3) is 0.294. The molecular weight excluding hydrogens is 550 g/mol. The Hall–Kier alpha value is -4.23. The molecule has 0 atom stereocenters. The maximum absolute atomic E-state index is 14.0. The number of anilines is 3. The SMILES string of the molecule is O=C1c2cccc3c(Nc4ccccc4Cl)c([N+](=O)[O-])cc(c23)C(=O)N1c1ccc(C23CC4CC(CC(C4)C2)C3)cc1. The van der Waals surface area contributed by atoms with Gasteiger partial charge < -0.3 is 5.32 Å². The normalized spacial score (nSPS) is 25.7. The lowest BCUT2D eigenvalue weighted by Crippen LogP contribution is -2.48. The van der Waals surface area contributed by atoms with Crippen LogP contribution in [0.5, 0.6) is 0 Å². The lowest BCUT2D eigenvalue weighted by Gasteiger charge is -2.57. The van der Waals surface area contributed by atoms with Gasteiger partial charge in [0.25, 0.3) is 17.5 Å². The summed E-state index contributed by atoms with van der Waals surface area (Å²) in [5.74, 6) is 1.42. The first kappa shape index (κ1) is 25.5. The third-order valence-corrected chi connectivity index (χ3v) is 10.4. The molecule has 1 heterocycles. The molecule has 42 heavy (non-hydrogen) atoms. The topological polar surface area (TPSA) is 92.5 Å². The highest BCUT2D eigenvalue weighted by atomic mass is 35.5. The summed E-state index contributed by atoms with van der Waals surface area (Å²) in [7, 11) is 0. The summed E-state index contributed by atoms with van der Waals surface area (Å²) in [6, 6.07) is 21.2. The van der Waals surface area contributed by atoms with E-state index in [1.165, 1.54) is 50.2 Å². The van der Waals surface area contributed by atoms with E-state index < -0.39 is 16.7 Å². The van der Waals surface area contributed by atoms with Crippen LogP contribution in [-0.2, 0) is 5.41 Å². The fourth-order valence-corrected chi connectivity index (χ4v) is 8.97. The summed E-state index contributed by atoms with van der Waals surface area (Å²) in [6.07, 6.45) is 7.76. The van der Waals surface area contributed by atoms with Crippen molar-refractivity contribution in [3.05, 3.63) is 105 Å². The van der Waals surface area contributed by atoms with E-state index in [0.717, 1.165) is 22.7 Å². The molecule has 5 aliphatic rings. The second kappa shape index (κ2) is 9.13. The smallest absolute Gasteiger partial charge is 0.294 e. The summed E-state index contributed by atoms with van der Waals surface area (Å²) in [4.78, 5) is 40.8. The highest BCUT2D eigenvalue weighted by Crippen LogP contribution is 2.60. The summed E-state index contributed by atoms with van der Waals surface area (Å²) in [5.41, 5.74) is 2.82. The molecule has 0 radical (unpaired) electrons. The van der Waals surface area contributed by atoms with Crippen LogP contribution in [0.1, 0.15) is 64.8 Å². The van der Waals surface area contributed by atoms with Crippen molar-refractivity contribution < 1.29 is 14.5 Å². The third kappa shape index (κ3) is 3.72. The van der Waals surface area contributed by atoms with Crippen LogP contribution in [0, 0.1) is 27.9 Å². The van der Waals surface area contributed by atoms with Crippen LogP contribution in [0.2, 0.25) is 5.02 Å². The van der Waals surface area contributed by atoms with Crippen LogP contribution < -0.4 is 10.2 Å². The molecular formula is C34H28ClN3O4. The molecule has 0 unspecified atom stereocenters. The molecule has 7 nitrogen and oxygen atoms in total. The van der Waals surface area contributed by atoms with Crippen molar-refractivity contribution in [2.24, 2.45) is 17.8 Å². The molecule has 210 valence electrons. The molecule has 0 aromatic heterocycles. The van der Waals surface area contributed by atoms with E-state index in [1.54, 1.807) is 42.5 Å². The Bertz CT molecular complexity index is 1800. The van der Waals surface area contributed by atoms with Gasteiger partial charge in [-0.1, -0.05) is 48.0 Å². The maximum Gasteiger partial charge on any atom is 0.294 e. The van der Waals surface area contributed by atoms with E-state index in [9.17, 15) is 19.7 Å². The highest BCUT2D eigenvalue weighted by Gasteiger charge is 2.51.